The maximum atomic E-state index is 13.1. The highest BCUT2D eigenvalue weighted by Gasteiger charge is 2.40. The second-order valence-electron chi connectivity index (χ2n) is 6.78. The Morgan fingerprint density at radius 3 is 2.38 bits per heavy atom. The standard InChI is InChI=1S/C17H30N4O3/c1-18-11-14(22)20-15(12-7-4-3-5-8-12)17(24)21-10-6-9-13(21)16(23)19-2/h12-13,15,18H,3-11H2,1-2H3,(H,19,23)(H,20,22)/t13-,15?/m0/s1. The minimum Gasteiger partial charge on any atom is -0.357 e. The Morgan fingerprint density at radius 1 is 1.04 bits per heavy atom. The molecule has 24 heavy (non-hydrogen) atoms. The number of nitrogens with one attached hydrogen (secondary N) is 3. The summed E-state index contributed by atoms with van der Waals surface area (Å²) in [6.45, 7) is 0.775. The van der Waals surface area contributed by atoms with Crippen LogP contribution in [0.4, 0.5) is 0 Å². The molecule has 2 aliphatic rings. The summed E-state index contributed by atoms with van der Waals surface area (Å²) in [7, 11) is 3.30. The van der Waals surface area contributed by atoms with Gasteiger partial charge in [0.2, 0.25) is 17.7 Å². The zero-order chi connectivity index (χ0) is 17.5. The number of likely N-dealkylation sites (tertiary alicyclic amines) is 1. The Balaban J connectivity index is 2.13. The van der Waals surface area contributed by atoms with Crippen LogP contribution in [0.2, 0.25) is 0 Å². The molecule has 0 radical (unpaired) electrons. The topological polar surface area (TPSA) is 90.5 Å². The summed E-state index contributed by atoms with van der Waals surface area (Å²) in [5.74, 6) is -0.225. The predicted octanol–water partition coefficient (Wildman–Crippen LogP) is 0.00790. The van der Waals surface area contributed by atoms with Gasteiger partial charge in [0, 0.05) is 13.6 Å². The van der Waals surface area contributed by atoms with E-state index in [4.69, 9.17) is 0 Å². The van der Waals surface area contributed by atoms with E-state index in [0.29, 0.717) is 13.0 Å². The van der Waals surface area contributed by atoms with Crippen molar-refractivity contribution in [2.45, 2.75) is 57.0 Å². The molecule has 1 aliphatic heterocycles. The molecule has 1 heterocycles. The summed E-state index contributed by atoms with van der Waals surface area (Å²) in [5.41, 5.74) is 0. The molecule has 2 fully saturated rings. The fraction of sp³-hybridized carbons (Fsp3) is 0.824. The molecule has 1 saturated heterocycles. The van der Waals surface area contributed by atoms with Gasteiger partial charge in [-0.05, 0) is 38.6 Å². The third-order valence-corrected chi connectivity index (χ3v) is 5.13. The summed E-state index contributed by atoms with van der Waals surface area (Å²) in [5, 5.41) is 8.38. The SMILES string of the molecule is CNCC(=O)NC(C(=O)N1CCC[C@H]1C(=O)NC)C1CCCCC1. The average Bonchev–Trinajstić information content (AvgIpc) is 3.09. The van der Waals surface area contributed by atoms with Crippen molar-refractivity contribution in [1.82, 2.24) is 20.9 Å². The molecular formula is C17H30N4O3. The molecule has 0 bridgehead atoms. The van der Waals surface area contributed by atoms with Gasteiger partial charge in [0.05, 0.1) is 6.54 Å². The minimum absolute atomic E-state index is 0.0996. The van der Waals surface area contributed by atoms with E-state index in [1.807, 2.05) is 0 Å². The molecule has 7 nitrogen and oxygen atoms in total. The van der Waals surface area contributed by atoms with Gasteiger partial charge in [0.15, 0.2) is 0 Å². The first-order valence-electron chi connectivity index (χ1n) is 9.04. The lowest BCUT2D eigenvalue weighted by molar-refractivity contribution is -0.142. The lowest BCUT2D eigenvalue weighted by Crippen LogP contribution is -2.56. The number of nitrogens with zero attached hydrogens (tertiary/aromatic N) is 1. The van der Waals surface area contributed by atoms with Crippen LogP contribution in [-0.4, -0.2) is 61.9 Å². The summed E-state index contributed by atoms with van der Waals surface area (Å²) in [6.07, 6.45) is 6.79. The van der Waals surface area contributed by atoms with Crippen LogP contribution in [0.1, 0.15) is 44.9 Å². The molecule has 7 heteroatoms. The Hall–Kier alpha value is -1.63. The Labute approximate surface area is 143 Å². The predicted molar refractivity (Wildman–Crippen MR) is 91.2 cm³/mol. The number of rotatable bonds is 6. The summed E-state index contributed by atoms with van der Waals surface area (Å²) in [6, 6.07) is -0.925. The van der Waals surface area contributed by atoms with E-state index in [0.717, 1.165) is 32.1 Å². The average molecular weight is 338 g/mol. The van der Waals surface area contributed by atoms with Gasteiger partial charge >= 0.3 is 0 Å². The molecule has 0 aromatic rings. The van der Waals surface area contributed by atoms with Gasteiger partial charge in [-0.25, -0.2) is 0 Å². The third kappa shape index (κ3) is 4.47. The van der Waals surface area contributed by atoms with Crippen LogP contribution in [0.5, 0.6) is 0 Å². The van der Waals surface area contributed by atoms with Gasteiger partial charge in [-0.2, -0.15) is 0 Å². The number of amides is 3. The molecule has 0 aromatic carbocycles. The lowest BCUT2D eigenvalue weighted by Gasteiger charge is -2.34. The second kappa shape index (κ2) is 9.01. The van der Waals surface area contributed by atoms with Gasteiger partial charge in [0.1, 0.15) is 12.1 Å². The van der Waals surface area contributed by atoms with E-state index in [2.05, 4.69) is 16.0 Å². The van der Waals surface area contributed by atoms with Crippen molar-refractivity contribution in [3.05, 3.63) is 0 Å². The van der Waals surface area contributed by atoms with Crippen molar-refractivity contribution >= 4 is 17.7 Å². The minimum atomic E-state index is -0.517. The maximum absolute atomic E-state index is 13.1. The Kier molecular flexibility index (Phi) is 7.02. The zero-order valence-corrected chi connectivity index (χ0v) is 14.8. The molecule has 2 atom stereocenters. The highest BCUT2D eigenvalue weighted by Crippen LogP contribution is 2.29. The van der Waals surface area contributed by atoms with Crippen molar-refractivity contribution in [3.63, 3.8) is 0 Å². The van der Waals surface area contributed by atoms with Crippen molar-refractivity contribution in [2.75, 3.05) is 27.2 Å². The molecule has 2 rings (SSSR count). The molecule has 0 aromatic heterocycles. The molecular weight excluding hydrogens is 308 g/mol. The van der Waals surface area contributed by atoms with E-state index in [1.165, 1.54) is 6.42 Å². The highest BCUT2D eigenvalue weighted by atomic mass is 16.2. The lowest BCUT2D eigenvalue weighted by atomic mass is 9.83. The smallest absolute Gasteiger partial charge is 0.246 e. The molecule has 136 valence electrons. The van der Waals surface area contributed by atoms with Gasteiger partial charge in [-0.15, -0.1) is 0 Å². The molecule has 1 unspecified atom stereocenters. The summed E-state index contributed by atoms with van der Waals surface area (Å²) in [4.78, 5) is 38.9. The normalized spacial score (nSPS) is 22.9. The summed E-state index contributed by atoms with van der Waals surface area (Å²) < 4.78 is 0. The molecule has 3 amide bonds. The first-order valence-corrected chi connectivity index (χ1v) is 9.04. The van der Waals surface area contributed by atoms with E-state index in [9.17, 15) is 14.4 Å². The number of hydrogen-bond acceptors (Lipinski definition) is 4. The van der Waals surface area contributed by atoms with Gasteiger partial charge < -0.3 is 20.9 Å². The van der Waals surface area contributed by atoms with Crippen LogP contribution in [0.25, 0.3) is 0 Å². The monoisotopic (exact) mass is 338 g/mol. The van der Waals surface area contributed by atoms with Gasteiger partial charge in [-0.1, -0.05) is 19.3 Å². The van der Waals surface area contributed by atoms with Crippen LogP contribution < -0.4 is 16.0 Å². The molecule has 0 spiro atoms. The molecule has 3 N–H and O–H groups in total. The number of likely N-dealkylation sites (N-methyl/N-ethyl adjacent to an activating group) is 2. The van der Waals surface area contributed by atoms with Crippen molar-refractivity contribution in [1.29, 1.82) is 0 Å². The number of carbonyl (C=O) groups excluding carboxylic acids is 3. The number of hydrogen-bond donors (Lipinski definition) is 3. The van der Waals surface area contributed by atoms with Crippen molar-refractivity contribution in [3.8, 4) is 0 Å². The van der Waals surface area contributed by atoms with Crippen LogP contribution in [0.15, 0.2) is 0 Å². The largest absolute Gasteiger partial charge is 0.357 e. The molecule has 1 aliphatic carbocycles. The van der Waals surface area contributed by atoms with E-state index >= 15 is 0 Å². The summed E-state index contributed by atoms with van der Waals surface area (Å²) >= 11 is 0. The third-order valence-electron chi connectivity index (χ3n) is 5.13. The zero-order valence-electron chi connectivity index (χ0n) is 14.8. The second-order valence-corrected chi connectivity index (χ2v) is 6.78. The molecule has 1 saturated carbocycles. The van der Waals surface area contributed by atoms with Crippen LogP contribution in [0.3, 0.4) is 0 Å². The first-order chi connectivity index (χ1) is 11.6. The quantitative estimate of drug-likeness (QED) is 0.636. The van der Waals surface area contributed by atoms with Crippen LogP contribution >= 0.6 is 0 Å². The highest BCUT2D eigenvalue weighted by molar-refractivity contribution is 5.93. The van der Waals surface area contributed by atoms with Crippen LogP contribution in [0, 0.1) is 5.92 Å². The Morgan fingerprint density at radius 2 is 1.75 bits per heavy atom. The fourth-order valence-corrected chi connectivity index (χ4v) is 3.88. The van der Waals surface area contributed by atoms with Gasteiger partial charge in [-0.3, -0.25) is 14.4 Å². The van der Waals surface area contributed by atoms with Crippen LogP contribution in [-0.2, 0) is 14.4 Å². The van der Waals surface area contributed by atoms with E-state index in [1.54, 1.807) is 19.0 Å². The fourth-order valence-electron chi connectivity index (χ4n) is 3.88. The van der Waals surface area contributed by atoms with Crippen molar-refractivity contribution in [2.24, 2.45) is 5.92 Å². The van der Waals surface area contributed by atoms with Crippen molar-refractivity contribution < 1.29 is 14.4 Å². The maximum Gasteiger partial charge on any atom is 0.246 e. The van der Waals surface area contributed by atoms with E-state index < -0.39 is 12.1 Å². The Bertz CT molecular complexity index is 463. The van der Waals surface area contributed by atoms with Gasteiger partial charge in [0.25, 0.3) is 0 Å². The number of carbonyl (C=O) groups is 3. The first kappa shape index (κ1) is 18.7. The van der Waals surface area contributed by atoms with E-state index in [-0.39, 0.29) is 30.2 Å².